The van der Waals surface area contributed by atoms with Crippen LogP contribution in [0.2, 0.25) is 0 Å². The summed E-state index contributed by atoms with van der Waals surface area (Å²) in [6.07, 6.45) is 2.81. The molecule has 0 saturated heterocycles. The minimum atomic E-state index is -3.73. The fourth-order valence-corrected chi connectivity index (χ4v) is 3.98. The number of carboxylic acid groups (broad SMARTS) is 1. The average molecular weight is 287 g/mol. The highest BCUT2D eigenvalue weighted by molar-refractivity contribution is 7.89. The van der Waals surface area contributed by atoms with Gasteiger partial charge in [-0.15, -0.1) is 0 Å². The predicted molar refractivity (Wildman–Crippen MR) is 67.5 cm³/mol. The summed E-state index contributed by atoms with van der Waals surface area (Å²) < 4.78 is 32.0. The maximum Gasteiger partial charge on any atom is 0.371 e. The highest BCUT2D eigenvalue weighted by Crippen LogP contribution is 2.27. The van der Waals surface area contributed by atoms with Gasteiger partial charge in [-0.25, -0.2) is 17.9 Å². The number of nitrogens with one attached hydrogen (secondary N) is 1. The van der Waals surface area contributed by atoms with E-state index in [4.69, 9.17) is 9.52 Å². The Morgan fingerprint density at radius 3 is 2.63 bits per heavy atom. The molecule has 2 atom stereocenters. The van der Waals surface area contributed by atoms with Gasteiger partial charge in [-0.1, -0.05) is 13.3 Å². The molecule has 1 saturated carbocycles. The predicted octanol–water partition coefficient (Wildman–Crippen LogP) is 1.75. The molecule has 0 aromatic carbocycles. The second kappa shape index (κ2) is 4.97. The third-order valence-electron chi connectivity index (χ3n) is 3.54. The zero-order valence-electron chi connectivity index (χ0n) is 10.8. The third-order valence-corrected chi connectivity index (χ3v) is 5.14. The molecular weight excluding hydrogens is 270 g/mol. The first-order valence-corrected chi connectivity index (χ1v) is 7.65. The summed E-state index contributed by atoms with van der Waals surface area (Å²) in [4.78, 5) is 10.7. The molecule has 1 heterocycles. The van der Waals surface area contributed by atoms with Gasteiger partial charge in [0.2, 0.25) is 15.8 Å². The number of furan rings is 1. The van der Waals surface area contributed by atoms with Gasteiger partial charge in [-0.2, -0.15) is 0 Å². The van der Waals surface area contributed by atoms with E-state index in [1.165, 1.54) is 6.92 Å². The lowest BCUT2D eigenvalue weighted by molar-refractivity contribution is 0.0661. The maximum absolute atomic E-state index is 12.2. The number of aromatic carboxylic acids is 1. The Balaban J connectivity index is 2.26. The molecule has 0 unspecified atom stereocenters. The molecule has 19 heavy (non-hydrogen) atoms. The molecule has 6 nitrogen and oxygen atoms in total. The zero-order chi connectivity index (χ0) is 14.2. The van der Waals surface area contributed by atoms with Gasteiger partial charge < -0.3 is 9.52 Å². The highest BCUT2D eigenvalue weighted by atomic mass is 32.2. The topological polar surface area (TPSA) is 96.6 Å². The van der Waals surface area contributed by atoms with Crippen LogP contribution in [0.3, 0.4) is 0 Å². The molecule has 0 spiro atoms. The van der Waals surface area contributed by atoms with Crippen molar-refractivity contribution in [3.05, 3.63) is 17.6 Å². The van der Waals surface area contributed by atoms with Gasteiger partial charge in [-0.3, -0.25) is 0 Å². The Labute approximate surface area is 111 Å². The molecule has 1 aliphatic carbocycles. The molecule has 7 heteroatoms. The number of hydrogen-bond donors (Lipinski definition) is 2. The zero-order valence-corrected chi connectivity index (χ0v) is 11.7. The normalized spacial score (nSPS) is 23.7. The highest BCUT2D eigenvalue weighted by Gasteiger charge is 2.31. The van der Waals surface area contributed by atoms with Crippen molar-refractivity contribution in [3.63, 3.8) is 0 Å². The van der Waals surface area contributed by atoms with Gasteiger partial charge in [-0.05, 0) is 25.7 Å². The fraction of sp³-hybridized carbons (Fsp3) is 0.583. The van der Waals surface area contributed by atoms with Crippen LogP contribution in [-0.2, 0) is 10.0 Å². The number of carbonyl (C=O) groups is 1. The van der Waals surface area contributed by atoms with E-state index in [0.29, 0.717) is 5.92 Å². The molecule has 1 aliphatic rings. The van der Waals surface area contributed by atoms with Gasteiger partial charge in [0.1, 0.15) is 10.7 Å². The lowest BCUT2D eigenvalue weighted by Gasteiger charge is -2.16. The standard InChI is InChI=1S/C12H17NO5S/c1-7-4-3-5-9(7)13-19(16,17)11-6-10(12(14)15)18-8(11)2/h6-7,9,13H,3-5H2,1-2H3,(H,14,15)/t7-,9-/m0/s1. The SMILES string of the molecule is Cc1oc(C(=O)O)cc1S(=O)(=O)N[C@H]1CCC[C@@H]1C. The Bertz CT molecular complexity index is 589. The average Bonchev–Trinajstić information content (AvgIpc) is 2.86. The summed E-state index contributed by atoms with van der Waals surface area (Å²) in [5.41, 5.74) is 0. The summed E-state index contributed by atoms with van der Waals surface area (Å²) >= 11 is 0. The Morgan fingerprint density at radius 2 is 2.16 bits per heavy atom. The summed E-state index contributed by atoms with van der Waals surface area (Å²) in [6, 6.07) is 0.965. The second-order valence-corrected chi connectivity index (χ2v) is 6.65. The van der Waals surface area contributed by atoms with Crippen LogP contribution >= 0.6 is 0 Å². The van der Waals surface area contributed by atoms with E-state index in [1.807, 2.05) is 6.92 Å². The molecule has 0 aliphatic heterocycles. The van der Waals surface area contributed by atoms with Crippen LogP contribution in [0.1, 0.15) is 42.5 Å². The second-order valence-electron chi connectivity index (χ2n) is 4.97. The monoisotopic (exact) mass is 287 g/mol. The lowest BCUT2D eigenvalue weighted by Crippen LogP contribution is -2.36. The Hall–Kier alpha value is -1.34. The van der Waals surface area contributed by atoms with Crippen LogP contribution in [0.25, 0.3) is 0 Å². The Kier molecular flexibility index (Phi) is 3.69. The van der Waals surface area contributed by atoms with Gasteiger partial charge in [0.15, 0.2) is 0 Å². The lowest BCUT2D eigenvalue weighted by atomic mass is 10.1. The number of hydrogen-bond acceptors (Lipinski definition) is 4. The van der Waals surface area contributed by atoms with E-state index in [-0.39, 0.29) is 22.5 Å². The van der Waals surface area contributed by atoms with E-state index in [9.17, 15) is 13.2 Å². The van der Waals surface area contributed by atoms with Crippen molar-refractivity contribution in [1.82, 2.24) is 4.72 Å². The summed E-state index contributed by atoms with van der Waals surface area (Å²) in [5.74, 6) is -1.26. The van der Waals surface area contributed by atoms with Crippen molar-refractivity contribution in [1.29, 1.82) is 0 Å². The van der Waals surface area contributed by atoms with Crippen LogP contribution in [-0.4, -0.2) is 25.5 Å². The van der Waals surface area contributed by atoms with Crippen molar-refractivity contribution in [3.8, 4) is 0 Å². The molecule has 106 valence electrons. The first-order valence-electron chi connectivity index (χ1n) is 6.17. The van der Waals surface area contributed by atoms with Crippen molar-refractivity contribution >= 4 is 16.0 Å². The molecule has 1 aromatic heterocycles. The summed E-state index contributed by atoms with van der Waals surface area (Å²) in [6.45, 7) is 3.45. The maximum atomic E-state index is 12.2. The van der Waals surface area contributed by atoms with Crippen LogP contribution in [0.15, 0.2) is 15.4 Å². The molecule has 1 aromatic rings. The molecule has 0 radical (unpaired) electrons. The first-order chi connectivity index (χ1) is 8.81. The first kappa shape index (κ1) is 14.1. The van der Waals surface area contributed by atoms with E-state index >= 15 is 0 Å². The van der Waals surface area contributed by atoms with Gasteiger partial charge >= 0.3 is 5.97 Å². The van der Waals surface area contributed by atoms with Crippen molar-refractivity contribution in [2.75, 3.05) is 0 Å². The smallest absolute Gasteiger partial charge is 0.371 e. The Morgan fingerprint density at radius 1 is 1.47 bits per heavy atom. The molecule has 1 fully saturated rings. The fourth-order valence-electron chi connectivity index (χ4n) is 2.42. The van der Waals surface area contributed by atoms with E-state index in [2.05, 4.69) is 4.72 Å². The van der Waals surface area contributed by atoms with Crippen LogP contribution < -0.4 is 4.72 Å². The number of rotatable bonds is 4. The van der Waals surface area contributed by atoms with Gasteiger partial charge in [0.25, 0.3) is 0 Å². The minimum Gasteiger partial charge on any atom is -0.475 e. The molecular formula is C12H17NO5S. The third kappa shape index (κ3) is 2.82. The number of sulfonamides is 1. The van der Waals surface area contributed by atoms with E-state index in [1.54, 1.807) is 0 Å². The summed E-state index contributed by atoms with van der Waals surface area (Å²) in [7, 11) is -3.73. The van der Waals surface area contributed by atoms with Crippen molar-refractivity contribution in [2.24, 2.45) is 5.92 Å². The molecule has 2 N–H and O–H groups in total. The number of aryl methyl sites for hydroxylation is 1. The van der Waals surface area contributed by atoms with E-state index < -0.39 is 16.0 Å². The molecule has 0 amide bonds. The van der Waals surface area contributed by atoms with E-state index in [0.717, 1.165) is 25.3 Å². The van der Waals surface area contributed by atoms with Crippen LogP contribution in [0.5, 0.6) is 0 Å². The van der Waals surface area contributed by atoms with Crippen molar-refractivity contribution in [2.45, 2.75) is 44.0 Å². The molecule has 2 rings (SSSR count). The van der Waals surface area contributed by atoms with Crippen LogP contribution in [0.4, 0.5) is 0 Å². The number of carboxylic acids is 1. The molecule has 0 bridgehead atoms. The largest absolute Gasteiger partial charge is 0.475 e. The van der Waals surface area contributed by atoms with Crippen molar-refractivity contribution < 1.29 is 22.7 Å². The quantitative estimate of drug-likeness (QED) is 0.879. The van der Waals surface area contributed by atoms with Gasteiger partial charge in [0.05, 0.1) is 0 Å². The van der Waals surface area contributed by atoms with Crippen LogP contribution in [0, 0.1) is 12.8 Å². The minimum absolute atomic E-state index is 0.0902. The van der Waals surface area contributed by atoms with Gasteiger partial charge in [0, 0.05) is 12.1 Å². The summed E-state index contributed by atoms with van der Waals surface area (Å²) in [5, 5.41) is 8.81.